The number of hydrogen-bond donors (Lipinski definition) is 0. The molecule has 0 bridgehead atoms. The van der Waals surface area contributed by atoms with Crippen LogP contribution < -0.4 is 0 Å². The van der Waals surface area contributed by atoms with Gasteiger partial charge >= 0.3 is 0 Å². The van der Waals surface area contributed by atoms with Gasteiger partial charge in [0.1, 0.15) is 12.4 Å². The molecule has 0 aromatic heterocycles. The van der Waals surface area contributed by atoms with Crippen molar-refractivity contribution in [1.29, 1.82) is 0 Å². The minimum Gasteiger partial charge on any atom is -0.375 e. The Balaban J connectivity index is 1.75. The summed E-state index contributed by atoms with van der Waals surface area (Å²) in [7, 11) is 0. The van der Waals surface area contributed by atoms with Gasteiger partial charge in [0.25, 0.3) is 6.43 Å². The summed E-state index contributed by atoms with van der Waals surface area (Å²) in [5.74, 6) is 2.35. The zero-order valence-corrected chi connectivity index (χ0v) is 12.4. The first kappa shape index (κ1) is 16.2. The third-order valence-electron chi connectivity index (χ3n) is 4.09. The summed E-state index contributed by atoms with van der Waals surface area (Å²) in [6.07, 6.45) is 1.36. The molecule has 3 nitrogen and oxygen atoms in total. The zero-order valence-electron chi connectivity index (χ0n) is 11.6. The van der Waals surface area contributed by atoms with Crippen LogP contribution >= 0.6 is 11.8 Å². The van der Waals surface area contributed by atoms with E-state index in [0.717, 1.165) is 37.2 Å². The summed E-state index contributed by atoms with van der Waals surface area (Å²) in [4.78, 5) is 12.1. The number of thioether (sulfide) groups is 1. The summed E-state index contributed by atoms with van der Waals surface area (Å²) in [5, 5.41) is 0. The molecule has 1 unspecified atom stereocenters. The Hall–Kier alpha value is -0.200. The highest BCUT2D eigenvalue weighted by Crippen LogP contribution is 2.40. The highest BCUT2D eigenvalue weighted by Gasteiger charge is 2.40. The molecule has 116 valence electrons. The number of Topliss-reactive ketones (excluding diaryl/α,β-unsaturated/α-hetero) is 1. The van der Waals surface area contributed by atoms with Crippen LogP contribution in [0, 0.1) is 5.92 Å². The number of halogens is 2. The van der Waals surface area contributed by atoms with Crippen LogP contribution in [0.15, 0.2) is 0 Å². The molecule has 1 atom stereocenters. The molecule has 1 spiro atoms. The van der Waals surface area contributed by atoms with Crippen molar-refractivity contribution in [2.24, 2.45) is 5.92 Å². The van der Waals surface area contributed by atoms with E-state index in [4.69, 9.17) is 9.47 Å². The first-order valence-corrected chi connectivity index (χ1v) is 8.37. The minimum atomic E-state index is -2.46. The minimum absolute atomic E-state index is 0.0157. The molecule has 6 heteroatoms. The molecule has 2 aliphatic rings. The number of carbonyl (C=O) groups excluding carboxylic acids is 1. The molecule has 2 fully saturated rings. The van der Waals surface area contributed by atoms with Crippen molar-refractivity contribution < 1.29 is 23.0 Å². The Kier molecular flexibility index (Phi) is 6.23. The second-order valence-electron chi connectivity index (χ2n) is 5.52. The fraction of sp³-hybridized carbons (Fsp3) is 0.929. The Morgan fingerprint density at radius 1 is 1.40 bits per heavy atom. The number of ether oxygens (including phenoxy) is 2. The van der Waals surface area contributed by atoms with Gasteiger partial charge in [0, 0.05) is 18.9 Å². The molecule has 0 aromatic rings. The lowest BCUT2D eigenvalue weighted by atomic mass is 9.79. The normalized spacial score (nSPS) is 26.1. The third kappa shape index (κ3) is 4.67. The van der Waals surface area contributed by atoms with Crippen molar-refractivity contribution in [3.8, 4) is 0 Å². The monoisotopic (exact) mass is 308 g/mol. The van der Waals surface area contributed by atoms with E-state index in [1.54, 1.807) is 0 Å². The predicted molar refractivity (Wildman–Crippen MR) is 74.4 cm³/mol. The van der Waals surface area contributed by atoms with Gasteiger partial charge in [-0.3, -0.25) is 4.79 Å². The SMILES string of the molecule is O=C(CCOCC(F)F)C1CCOC2(CCSCC2)C1. The molecule has 0 N–H and O–H groups in total. The van der Waals surface area contributed by atoms with Crippen LogP contribution in [0.3, 0.4) is 0 Å². The van der Waals surface area contributed by atoms with Gasteiger partial charge in [-0.15, -0.1) is 0 Å². The average Bonchev–Trinajstić information content (AvgIpc) is 2.44. The van der Waals surface area contributed by atoms with Crippen molar-refractivity contribution in [2.75, 3.05) is 31.3 Å². The Morgan fingerprint density at radius 2 is 2.15 bits per heavy atom. The summed E-state index contributed by atoms with van der Waals surface area (Å²) < 4.78 is 34.6. The van der Waals surface area contributed by atoms with Crippen molar-refractivity contribution in [3.63, 3.8) is 0 Å². The predicted octanol–water partition coefficient (Wildman–Crippen LogP) is 2.92. The molecule has 2 rings (SSSR count). The zero-order chi connectivity index (χ0) is 14.4. The maximum absolute atomic E-state index is 12.1. The van der Waals surface area contributed by atoms with E-state index < -0.39 is 13.0 Å². The molecule has 2 aliphatic heterocycles. The first-order chi connectivity index (χ1) is 9.61. The first-order valence-electron chi connectivity index (χ1n) is 7.22. The molecule has 20 heavy (non-hydrogen) atoms. The van der Waals surface area contributed by atoms with Gasteiger partial charge in [0.2, 0.25) is 0 Å². The summed E-state index contributed by atoms with van der Waals surface area (Å²) in [6.45, 7) is 0.157. The van der Waals surface area contributed by atoms with Crippen molar-refractivity contribution >= 4 is 17.5 Å². The van der Waals surface area contributed by atoms with E-state index in [0.29, 0.717) is 6.61 Å². The van der Waals surface area contributed by atoms with Crippen molar-refractivity contribution in [1.82, 2.24) is 0 Å². The van der Waals surface area contributed by atoms with Gasteiger partial charge < -0.3 is 9.47 Å². The lowest BCUT2D eigenvalue weighted by Gasteiger charge is -2.43. The van der Waals surface area contributed by atoms with Crippen LogP contribution in [0.2, 0.25) is 0 Å². The molecule has 2 saturated heterocycles. The average molecular weight is 308 g/mol. The molecule has 0 aromatic carbocycles. The van der Waals surface area contributed by atoms with E-state index in [2.05, 4.69) is 0 Å². The Morgan fingerprint density at radius 3 is 2.85 bits per heavy atom. The lowest BCUT2D eigenvalue weighted by Crippen LogP contribution is -2.44. The fourth-order valence-electron chi connectivity index (χ4n) is 2.94. The highest BCUT2D eigenvalue weighted by molar-refractivity contribution is 7.99. The van der Waals surface area contributed by atoms with Gasteiger partial charge in [-0.1, -0.05) is 0 Å². The summed E-state index contributed by atoms with van der Waals surface area (Å²) in [6, 6.07) is 0. The van der Waals surface area contributed by atoms with Crippen molar-refractivity contribution in [2.45, 2.75) is 44.1 Å². The van der Waals surface area contributed by atoms with E-state index >= 15 is 0 Å². The third-order valence-corrected chi connectivity index (χ3v) is 5.07. The quantitative estimate of drug-likeness (QED) is 0.707. The van der Waals surface area contributed by atoms with E-state index in [9.17, 15) is 13.6 Å². The largest absolute Gasteiger partial charge is 0.375 e. The number of hydrogen-bond acceptors (Lipinski definition) is 4. The summed E-state index contributed by atoms with van der Waals surface area (Å²) in [5.41, 5.74) is -0.104. The number of ketones is 1. The van der Waals surface area contributed by atoms with Crippen LogP contribution in [0.5, 0.6) is 0 Å². The molecule has 0 aliphatic carbocycles. The van der Waals surface area contributed by atoms with E-state index in [1.807, 2.05) is 11.8 Å². The molecule has 0 radical (unpaired) electrons. The summed E-state index contributed by atoms with van der Waals surface area (Å²) >= 11 is 1.94. The number of rotatable bonds is 6. The van der Waals surface area contributed by atoms with Gasteiger partial charge in [-0.2, -0.15) is 11.8 Å². The lowest BCUT2D eigenvalue weighted by molar-refractivity contribution is -0.139. The molecule has 2 heterocycles. The molecule has 0 amide bonds. The van der Waals surface area contributed by atoms with Crippen LogP contribution in [0.4, 0.5) is 8.78 Å². The van der Waals surface area contributed by atoms with Gasteiger partial charge in [0.15, 0.2) is 0 Å². The second kappa shape index (κ2) is 7.71. The number of carbonyl (C=O) groups is 1. The topological polar surface area (TPSA) is 35.5 Å². The van der Waals surface area contributed by atoms with Crippen LogP contribution in [0.25, 0.3) is 0 Å². The van der Waals surface area contributed by atoms with Crippen LogP contribution in [0.1, 0.15) is 32.1 Å². The standard InChI is InChI=1S/C14H22F2O3S/c15-13(16)10-18-5-2-12(17)11-1-6-19-14(9-11)3-7-20-8-4-14/h11,13H,1-10H2. The Bertz CT molecular complexity index is 314. The Labute approximate surface area is 122 Å². The maximum atomic E-state index is 12.1. The number of alkyl halides is 2. The van der Waals surface area contributed by atoms with Crippen LogP contribution in [-0.2, 0) is 14.3 Å². The van der Waals surface area contributed by atoms with E-state index in [-0.39, 0.29) is 30.3 Å². The fourth-order valence-corrected chi connectivity index (χ4v) is 4.18. The second-order valence-corrected chi connectivity index (χ2v) is 6.74. The molecular weight excluding hydrogens is 286 g/mol. The molecular formula is C14H22F2O3S. The van der Waals surface area contributed by atoms with Gasteiger partial charge in [-0.05, 0) is 37.2 Å². The smallest absolute Gasteiger partial charge is 0.261 e. The van der Waals surface area contributed by atoms with E-state index in [1.165, 1.54) is 0 Å². The molecule has 0 saturated carbocycles. The van der Waals surface area contributed by atoms with Gasteiger partial charge in [-0.25, -0.2) is 8.78 Å². The maximum Gasteiger partial charge on any atom is 0.261 e. The highest BCUT2D eigenvalue weighted by atomic mass is 32.2. The van der Waals surface area contributed by atoms with Crippen LogP contribution in [-0.4, -0.2) is 49.1 Å². The van der Waals surface area contributed by atoms with Crippen molar-refractivity contribution in [3.05, 3.63) is 0 Å². The van der Waals surface area contributed by atoms with Gasteiger partial charge in [0.05, 0.1) is 12.2 Å².